The molecule has 1 aromatic carbocycles. The van der Waals surface area contributed by atoms with Gasteiger partial charge in [-0.3, -0.25) is 4.57 Å². The Morgan fingerprint density at radius 2 is 2.17 bits per heavy atom. The molecular formula is C14H17N3O. The fraction of sp³-hybridized carbons (Fsp3) is 0.286. The molecule has 0 aliphatic heterocycles. The second kappa shape index (κ2) is 5.04. The van der Waals surface area contributed by atoms with Crippen LogP contribution >= 0.6 is 0 Å². The lowest BCUT2D eigenvalue weighted by Crippen LogP contribution is -2.30. The Bertz CT molecular complexity index is 546. The number of hydrogen-bond acceptors (Lipinski definition) is 2. The Kier molecular flexibility index (Phi) is 3.46. The lowest BCUT2D eigenvalue weighted by molar-refractivity contribution is 0.239. The van der Waals surface area contributed by atoms with Crippen LogP contribution < -0.4 is 5.32 Å². The summed E-state index contributed by atoms with van der Waals surface area (Å²) < 4.78 is 1.43. The summed E-state index contributed by atoms with van der Waals surface area (Å²) in [4.78, 5) is 15.7. The van der Waals surface area contributed by atoms with Crippen LogP contribution in [0.4, 0.5) is 4.79 Å². The molecule has 0 fully saturated rings. The highest BCUT2D eigenvalue weighted by Crippen LogP contribution is 2.18. The lowest BCUT2D eigenvalue weighted by Gasteiger charge is -2.17. The summed E-state index contributed by atoms with van der Waals surface area (Å²) in [6.45, 7) is 6.10. The van der Waals surface area contributed by atoms with Gasteiger partial charge in [0.25, 0.3) is 0 Å². The van der Waals surface area contributed by atoms with Crippen LogP contribution in [0.5, 0.6) is 0 Å². The quantitative estimate of drug-likeness (QED) is 0.881. The molecule has 18 heavy (non-hydrogen) atoms. The van der Waals surface area contributed by atoms with Crippen LogP contribution in [0.3, 0.4) is 0 Å². The molecule has 0 spiro atoms. The van der Waals surface area contributed by atoms with E-state index in [4.69, 9.17) is 0 Å². The van der Waals surface area contributed by atoms with Crippen molar-refractivity contribution in [3.8, 4) is 0 Å². The SMILES string of the molecule is Cc1ccc(C(C)NC(=O)n2ccnc2)c(C)c1. The Balaban J connectivity index is 2.12. The van der Waals surface area contributed by atoms with E-state index >= 15 is 0 Å². The fourth-order valence-electron chi connectivity index (χ4n) is 2.03. The first-order valence-corrected chi connectivity index (χ1v) is 5.94. The van der Waals surface area contributed by atoms with Gasteiger partial charge in [-0.2, -0.15) is 0 Å². The van der Waals surface area contributed by atoms with Gasteiger partial charge in [0.1, 0.15) is 6.33 Å². The third-order valence-electron chi connectivity index (χ3n) is 2.97. The van der Waals surface area contributed by atoms with Gasteiger partial charge in [-0.25, -0.2) is 9.78 Å². The number of carbonyl (C=O) groups is 1. The van der Waals surface area contributed by atoms with Gasteiger partial charge >= 0.3 is 6.03 Å². The molecule has 2 aromatic rings. The first kappa shape index (κ1) is 12.4. The monoisotopic (exact) mass is 243 g/mol. The van der Waals surface area contributed by atoms with Crippen molar-refractivity contribution < 1.29 is 4.79 Å². The number of aryl methyl sites for hydroxylation is 2. The summed E-state index contributed by atoms with van der Waals surface area (Å²) in [7, 11) is 0. The maximum atomic E-state index is 11.9. The van der Waals surface area contributed by atoms with Gasteiger partial charge in [-0.15, -0.1) is 0 Å². The van der Waals surface area contributed by atoms with E-state index in [1.54, 1.807) is 12.4 Å². The highest BCUT2D eigenvalue weighted by molar-refractivity contribution is 5.76. The molecule has 0 aliphatic carbocycles. The number of nitrogens with zero attached hydrogens (tertiary/aromatic N) is 2. The van der Waals surface area contributed by atoms with Crippen molar-refractivity contribution in [2.75, 3.05) is 0 Å². The summed E-state index contributed by atoms with van der Waals surface area (Å²) in [6.07, 6.45) is 4.70. The van der Waals surface area contributed by atoms with Gasteiger partial charge < -0.3 is 5.32 Å². The zero-order chi connectivity index (χ0) is 13.1. The van der Waals surface area contributed by atoms with Crippen LogP contribution in [0.1, 0.15) is 29.7 Å². The first-order chi connectivity index (χ1) is 8.58. The Labute approximate surface area is 107 Å². The van der Waals surface area contributed by atoms with Crippen molar-refractivity contribution in [3.05, 3.63) is 53.6 Å². The molecule has 0 saturated heterocycles. The number of benzene rings is 1. The van der Waals surface area contributed by atoms with E-state index in [0.717, 1.165) is 5.56 Å². The predicted molar refractivity (Wildman–Crippen MR) is 70.5 cm³/mol. The second-order valence-corrected chi connectivity index (χ2v) is 4.50. The van der Waals surface area contributed by atoms with Crippen LogP contribution in [-0.4, -0.2) is 15.6 Å². The number of aromatic nitrogens is 2. The molecule has 2 rings (SSSR count). The smallest absolute Gasteiger partial charge is 0.327 e. The molecule has 1 unspecified atom stereocenters. The summed E-state index contributed by atoms with van der Waals surface area (Å²) in [5.74, 6) is 0. The molecule has 1 N–H and O–H groups in total. The number of nitrogens with one attached hydrogen (secondary N) is 1. The van der Waals surface area contributed by atoms with E-state index in [0.29, 0.717) is 0 Å². The van der Waals surface area contributed by atoms with Gasteiger partial charge in [-0.05, 0) is 31.9 Å². The van der Waals surface area contributed by atoms with Crippen molar-refractivity contribution in [2.45, 2.75) is 26.8 Å². The molecule has 94 valence electrons. The average Bonchev–Trinajstić information content (AvgIpc) is 2.81. The highest BCUT2D eigenvalue weighted by Gasteiger charge is 2.12. The summed E-state index contributed by atoms with van der Waals surface area (Å²) in [5, 5.41) is 2.94. The maximum absolute atomic E-state index is 11.9. The maximum Gasteiger partial charge on any atom is 0.327 e. The van der Waals surface area contributed by atoms with E-state index in [1.807, 2.05) is 6.92 Å². The Morgan fingerprint density at radius 1 is 1.39 bits per heavy atom. The predicted octanol–water partition coefficient (Wildman–Crippen LogP) is 2.82. The molecule has 4 heteroatoms. The molecule has 1 atom stereocenters. The van der Waals surface area contributed by atoms with Gasteiger partial charge in [-0.1, -0.05) is 23.8 Å². The number of imidazole rings is 1. The molecule has 0 saturated carbocycles. The second-order valence-electron chi connectivity index (χ2n) is 4.50. The molecule has 0 radical (unpaired) electrons. The van der Waals surface area contributed by atoms with Crippen molar-refractivity contribution in [2.24, 2.45) is 0 Å². The minimum Gasteiger partial charge on any atom is -0.331 e. The van der Waals surface area contributed by atoms with E-state index in [2.05, 4.69) is 42.3 Å². The average molecular weight is 243 g/mol. The highest BCUT2D eigenvalue weighted by atomic mass is 16.2. The van der Waals surface area contributed by atoms with Crippen molar-refractivity contribution in [3.63, 3.8) is 0 Å². The summed E-state index contributed by atoms with van der Waals surface area (Å²) in [6, 6.07) is 6.04. The molecule has 0 aliphatic rings. The lowest BCUT2D eigenvalue weighted by atomic mass is 10.0. The van der Waals surface area contributed by atoms with E-state index in [1.165, 1.54) is 22.0 Å². The summed E-state index contributed by atoms with van der Waals surface area (Å²) >= 11 is 0. The molecule has 4 nitrogen and oxygen atoms in total. The Morgan fingerprint density at radius 3 is 2.78 bits per heavy atom. The fourth-order valence-corrected chi connectivity index (χ4v) is 2.03. The van der Waals surface area contributed by atoms with E-state index in [9.17, 15) is 4.79 Å². The van der Waals surface area contributed by atoms with Crippen molar-refractivity contribution >= 4 is 6.03 Å². The molecule has 1 aromatic heterocycles. The van der Waals surface area contributed by atoms with Gasteiger partial charge in [0.15, 0.2) is 0 Å². The van der Waals surface area contributed by atoms with Crippen molar-refractivity contribution in [1.82, 2.24) is 14.9 Å². The van der Waals surface area contributed by atoms with E-state index in [-0.39, 0.29) is 12.1 Å². The van der Waals surface area contributed by atoms with Crippen molar-refractivity contribution in [1.29, 1.82) is 0 Å². The first-order valence-electron chi connectivity index (χ1n) is 5.94. The topological polar surface area (TPSA) is 46.9 Å². The molecular weight excluding hydrogens is 226 g/mol. The third-order valence-corrected chi connectivity index (χ3v) is 2.97. The van der Waals surface area contributed by atoms with Gasteiger partial charge in [0.2, 0.25) is 0 Å². The van der Waals surface area contributed by atoms with Crippen LogP contribution in [-0.2, 0) is 0 Å². The minimum atomic E-state index is -0.167. The normalized spacial score (nSPS) is 12.2. The number of rotatable bonds is 2. The van der Waals surface area contributed by atoms with Gasteiger partial charge in [0.05, 0.1) is 6.04 Å². The molecule has 1 heterocycles. The zero-order valence-electron chi connectivity index (χ0n) is 10.8. The number of amides is 1. The Hall–Kier alpha value is -2.10. The van der Waals surface area contributed by atoms with Crippen LogP contribution in [0, 0.1) is 13.8 Å². The van der Waals surface area contributed by atoms with Gasteiger partial charge in [0, 0.05) is 12.4 Å². The largest absolute Gasteiger partial charge is 0.331 e. The van der Waals surface area contributed by atoms with Crippen LogP contribution in [0.15, 0.2) is 36.9 Å². The summed E-state index contributed by atoms with van der Waals surface area (Å²) in [5.41, 5.74) is 3.55. The van der Waals surface area contributed by atoms with Crippen LogP contribution in [0.25, 0.3) is 0 Å². The minimum absolute atomic E-state index is 0.0273. The van der Waals surface area contributed by atoms with Crippen LogP contribution in [0.2, 0.25) is 0 Å². The number of hydrogen-bond donors (Lipinski definition) is 1. The zero-order valence-corrected chi connectivity index (χ0v) is 10.8. The third kappa shape index (κ3) is 2.59. The van der Waals surface area contributed by atoms with E-state index < -0.39 is 0 Å². The standard InChI is InChI=1S/C14H17N3O/c1-10-4-5-13(11(2)8-10)12(3)16-14(18)17-7-6-15-9-17/h4-9,12H,1-3H3,(H,16,18). The molecule has 1 amide bonds. The molecule has 0 bridgehead atoms. The number of carbonyl (C=O) groups excluding carboxylic acids is 1.